The molecule has 3 N–H and O–H groups in total. The fourth-order valence-electron chi connectivity index (χ4n) is 1.96. The number of hydrogen-bond acceptors (Lipinski definition) is 2. The van der Waals surface area contributed by atoms with Crippen molar-refractivity contribution in [2.24, 2.45) is 11.8 Å². The lowest BCUT2D eigenvalue weighted by Crippen LogP contribution is -2.24. The lowest BCUT2D eigenvalue weighted by molar-refractivity contribution is 0.525. The van der Waals surface area contributed by atoms with Crippen LogP contribution >= 0.6 is 0 Å². The maximum atomic E-state index is 6.13. The van der Waals surface area contributed by atoms with E-state index in [1.54, 1.807) is 0 Å². The van der Waals surface area contributed by atoms with Crippen molar-refractivity contribution in [3.8, 4) is 0 Å². The van der Waals surface area contributed by atoms with E-state index in [2.05, 4.69) is 52.2 Å². The van der Waals surface area contributed by atoms with E-state index in [-0.39, 0.29) is 6.04 Å². The number of benzene rings is 1. The molecule has 110 valence electrons. The normalized spacial score (nSPS) is 12.5. The van der Waals surface area contributed by atoms with E-state index >= 15 is 0 Å². The highest BCUT2D eigenvalue weighted by atomic mass is 14.9. The third kappa shape index (κ3) is 4.44. The Hall–Kier alpha value is -1.70. The number of nitrogens with two attached hydrogens (primary N) is 1. The zero-order valence-corrected chi connectivity index (χ0v) is 13.2. The van der Waals surface area contributed by atoms with Gasteiger partial charge < -0.3 is 11.1 Å². The molecule has 0 saturated carbocycles. The maximum absolute atomic E-state index is 6.13. The molecule has 0 aromatic heterocycles. The molecular formula is C18H28N2. The zero-order chi connectivity index (χ0) is 15.3. The van der Waals surface area contributed by atoms with Crippen LogP contribution < -0.4 is 11.1 Å². The van der Waals surface area contributed by atoms with Crippen LogP contribution in [0.15, 0.2) is 48.7 Å². The number of nitrogens with one attached hydrogen (secondary N) is 1. The summed E-state index contributed by atoms with van der Waals surface area (Å²) in [6, 6.07) is 8.15. The van der Waals surface area contributed by atoms with Crippen LogP contribution in [-0.2, 0) is 0 Å². The molecule has 0 spiro atoms. The lowest BCUT2D eigenvalue weighted by atomic mass is 9.92. The molecule has 0 bridgehead atoms. The number of para-hydroxylation sites is 1. The molecule has 1 aromatic carbocycles. The number of nitrogen functional groups attached to an aromatic ring is 1. The average molecular weight is 272 g/mol. The van der Waals surface area contributed by atoms with Crippen LogP contribution in [-0.4, -0.2) is 0 Å². The Morgan fingerprint density at radius 2 is 1.70 bits per heavy atom. The van der Waals surface area contributed by atoms with Gasteiger partial charge in [-0.3, -0.25) is 0 Å². The largest absolute Gasteiger partial charge is 0.398 e. The molecule has 20 heavy (non-hydrogen) atoms. The first-order valence-corrected chi connectivity index (χ1v) is 7.30. The molecule has 2 nitrogen and oxygen atoms in total. The van der Waals surface area contributed by atoms with Gasteiger partial charge in [-0.1, -0.05) is 64.6 Å². The highest BCUT2D eigenvalue weighted by Crippen LogP contribution is 2.29. The van der Waals surface area contributed by atoms with Crippen molar-refractivity contribution in [1.29, 1.82) is 0 Å². The van der Waals surface area contributed by atoms with Crippen LogP contribution in [0.3, 0.4) is 0 Å². The number of allylic oxidation sites excluding steroid dienone is 1. The number of hydrogen-bond donors (Lipinski definition) is 2. The minimum Gasteiger partial charge on any atom is -0.398 e. The summed E-state index contributed by atoms with van der Waals surface area (Å²) in [5.74, 6) is 0.867. The molecule has 0 amide bonds. The molecule has 0 aliphatic carbocycles. The van der Waals surface area contributed by atoms with Gasteiger partial charge in [-0.15, -0.1) is 0 Å². The lowest BCUT2D eigenvalue weighted by Gasteiger charge is -2.26. The topological polar surface area (TPSA) is 38.0 Å². The van der Waals surface area contributed by atoms with E-state index in [1.165, 1.54) is 5.57 Å². The highest BCUT2D eigenvalue weighted by molar-refractivity contribution is 5.48. The molecule has 0 saturated heterocycles. The van der Waals surface area contributed by atoms with Crippen LogP contribution in [0, 0.1) is 11.8 Å². The van der Waals surface area contributed by atoms with Crippen molar-refractivity contribution < 1.29 is 0 Å². The smallest absolute Gasteiger partial charge is 0.0568 e. The third-order valence-electron chi connectivity index (χ3n) is 3.71. The third-order valence-corrected chi connectivity index (χ3v) is 3.71. The van der Waals surface area contributed by atoms with Gasteiger partial charge in [0, 0.05) is 11.4 Å². The molecule has 1 unspecified atom stereocenters. The quantitative estimate of drug-likeness (QED) is 0.559. The fourth-order valence-corrected chi connectivity index (χ4v) is 1.96. The van der Waals surface area contributed by atoms with Crippen LogP contribution in [0.5, 0.6) is 0 Å². The minimum absolute atomic E-state index is 0.140. The van der Waals surface area contributed by atoms with Crippen molar-refractivity contribution in [2.75, 3.05) is 5.73 Å². The predicted octanol–water partition coefficient (Wildman–Crippen LogP) is 4.67. The second-order valence-corrected chi connectivity index (χ2v) is 6.02. The van der Waals surface area contributed by atoms with Crippen molar-refractivity contribution in [1.82, 2.24) is 5.32 Å². The summed E-state index contributed by atoms with van der Waals surface area (Å²) in [7, 11) is 0. The summed E-state index contributed by atoms with van der Waals surface area (Å²) in [5, 5.41) is 3.52. The summed E-state index contributed by atoms with van der Waals surface area (Å²) >= 11 is 0. The molecule has 2 heteroatoms. The van der Waals surface area contributed by atoms with E-state index in [9.17, 15) is 0 Å². The van der Waals surface area contributed by atoms with Gasteiger partial charge in [0.1, 0.15) is 0 Å². The zero-order valence-electron chi connectivity index (χ0n) is 13.2. The summed E-state index contributed by atoms with van der Waals surface area (Å²) in [4.78, 5) is 0. The molecule has 0 aliphatic heterocycles. The minimum atomic E-state index is 0.140. The summed E-state index contributed by atoms with van der Waals surface area (Å²) < 4.78 is 0. The van der Waals surface area contributed by atoms with Crippen molar-refractivity contribution >= 4 is 5.69 Å². The molecule has 0 heterocycles. The summed E-state index contributed by atoms with van der Waals surface area (Å²) in [5.41, 5.74) is 10.3. The Morgan fingerprint density at radius 3 is 2.20 bits per heavy atom. The van der Waals surface area contributed by atoms with E-state index in [1.807, 2.05) is 18.2 Å². The van der Waals surface area contributed by atoms with Crippen molar-refractivity contribution in [3.05, 3.63) is 54.3 Å². The molecule has 0 fully saturated rings. The second-order valence-electron chi connectivity index (χ2n) is 6.02. The van der Waals surface area contributed by atoms with Gasteiger partial charge in [0.15, 0.2) is 0 Å². The first-order chi connectivity index (χ1) is 9.32. The first-order valence-electron chi connectivity index (χ1n) is 7.30. The Labute approximate surface area is 123 Å². The second kappa shape index (κ2) is 7.18. The molecule has 1 rings (SSSR count). The number of rotatable bonds is 7. The molecule has 1 atom stereocenters. The van der Waals surface area contributed by atoms with Crippen molar-refractivity contribution in [3.63, 3.8) is 0 Å². The van der Waals surface area contributed by atoms with E-state index < -0.39 is 0 Å². The fraction of sp³-hybridized carbons (Fsp3) is 0.444. The van der Waals surface area contributed by atoms with E-state index in [0.717, 1.165) is 23.4 Å². The van der Waals surface area contributed by atoms with Gasteiger partial charge in [0.25, 0.3) is 0 Å². The van der Waals surface area contributed by atoms with Crippen LogP contribution in [0.4, 0.5) is 5.69 Å². The van der Waals surface area contributed by atoms with Crippen molar-refractivity contribution in [2.45, 2.75) is 40.2 Å². The van der Waals surface area contributed by atoms with E-state index in [4.69, 9.17) is 5.73 Å². The van der Waals surface area contributed by atoms with Crippen LogP contribution in [0.25, 0.3) is 0 Å². The maximum Gasteiger partial charge on any atom is 0.0568 e. The highest BCUT2D eigenvalue weighted by Gasteiger charge is 2.17. The Morgan fingerprint density at radius 1 is 1.10 bits per heavy atom. The predicted molar refractivity (Wildman–Crippen MR) is 89.3 cm³/mol. The van der Waals surface area contributed by atoms with Gasteiger partial charge >= 0.3 is 0 Å². The van der Waals surface area contributed by atoms with Gasteiger partial charge in [-0.05, 0) is 29.9 Å². The summed E-state index contributed by atoms with van der Waals surface area (Å²) in [6.45, 7) is 16.9. The molecule has 0 radical (unpaired) electrons. The molecular weight excluding hydrogens is 244 g/mol. The van der Waals surface area contributed by atoms with Crippen LogP contribution in [0.2, 0.25) is 0 Å². The Bertz CT molecular complexity index is 450. The SMILES string of the molecule is C=C(CC(NC(=C)C(C)C)c1ccccc1N)C(C)C. The Kier molecular flexibility index (Phi) is 5.87. The van der Waals surface area contributed by atoms with Gasteiger partial charge in [0.2, 0.25) is 0 Å². The van der Waals surface area contributed by atoms with Gasteiger partial charge in [0.05, 0.1) is 6.04 Å². The standard InChI is InChI=1S/C18H28N2/c1-12(2)14(5)11-18(20-15(6)13(3)4)16-9-7-8-10-17(16)19/h7-10,12-13,18,20H,5-6,11,19H2,1-4H3. The van der Waals surface area contributed by atoms with Gasteiger partial charge in [-0.2, -0.15) is 0 Å². The van der Waals surface area contributed by atoms with Crippen LogP contribution in [0.1, 0.15) is 45.7 Å². The average Bonchev–Trinajstić information content (AvgIpc) is 2.38. The monoisotopic (exact) mass is 272 g/mol. The molecule has 1 aromatic rings. The number of anilines is 1. The van der Waals surface area contributed by atoms with E-state index in [0.29, 0.717) is 11.8 Å². The van der Waals surface area contributed by atoms with Gasteiger partial charge in [-0.25, -0.2) is 0 Å². The first kappa shape index (κ1) is 16.4. The summed E-state index contributed by atoms with van der Waals surface area (Å²) in [6.07, 6.45) is 0.873. The Balaban J connectivity index is 2.98. The molecule has 0 aliphatic rings.